The quantitative estimate of drug-likeness (QED) is 0.725. The van der Waals surface area contributed by atoms with Crippen LogP contribution in [0.4, 0.5) is 0 Å². The lowest BCUT2D eigenvalue weighted by Crippen LogP contribution is -2.14. The van der Waals surface area contributed by atoms with E-state index in [4.69, 9.17) is 4.98 Å². The van der Waals surface area contributed by atoms with Gasteiger partial charge in [0.15, 0.2) is 0 Å². The smallest absolute Gasteiger partial charge is 0.138 e. The van der Waals surface area contributed by atoms with Crippen LogP contribution in [0, 0.1) is 0 Å². The van der Waals surface area contributed by atoms with Gasteiger partial charge >= 0.3 is 0 Å². The van der Waals surface area contributed by atoms with E-state index in [2.05, 4.69) is 71.7 Å². The number of benzene rings is 2. The van der Waals surface area contributed by atoms with E-state index in [9.17, 15) is 0 Å². The van der Waals surface area contributed by atoms with Crippen LogP contribution in [0.1, 0.15) is 11.4 Å². The summed E-state index contributed by atoms with van der Waals surface area (Å²) in [6.45, 7) is 0.881. The van der Waals surface area contributed by atoms with Gasteiger partial charge in [0.25, 0.3) is 0 Å². The summed E-state index contributed by atoms with van der Waals surface area (Å²) in [5.74, 6) is 0.945. The van der Waals surface area contributed by atoms with Crippen molar-refractivity contribution in [1.82, 2.24) is 14.9 Å². The van der Waals surface area contributed by atoms with Crippen molar-refractivity contribution in [2.45, 2.75) is 6.54 Å². The molecule has 20 heavy (non-hydrogen) atoms. The molecule has 0 saturated heterocycles. The fourth-order valence-corrected chi connectivity index (χ4v) is 2.65. The van der Waals surface area contributed by atoms with E-state index in [0.717, 1.165) is 23.6 Å². The number of hydrogen-bond donors (Lipinski definition) is 1. The molecule has 0 unspecified atom stereocenters. The van der Waals surface area contributed by atoms with E-state index in [0.29, 0.717) is 0 Å². The summed E-state index contributed by atoms with van der Waals surface area (Å²) < 4.78 is 0. The summed E-state index contributed by atoms with van der Waals surface area (Å²) in [7, 11) is 2.07. The highest BCUT2D eigenvalue weighted by molar-refractivity contribution is 5.86. The van der Waals surface area contributed by atoms with Gasteiger partial charge < -0.3 is 9.88 Å². The molecular formula is C17H15N3. The third-order valence-corrected chi connectivity index (χ3v) is 3.73. The lowest BCUT2D eigenvalue weighted by Gasteiger charge is -2.16. The number of hydrogen-bond acceptors (Lipinski definition) is 2. The van der Waals surface area contributed by atoms with Crippen LogP contribution in [0.2, 0.25) is 0 Å². The molecule has 2 aromatic carbocycles. The maximum Gasteiger partial charge on any atom is 0.138 e. The van der Waals surface area contributed by atoms with Crippen molar-refractivity contribution in [2.75, 3.05) is 7.05 Å². The Balaban J connectivity index is 1.81. The minimum Gasteiger partial charge on any atom is -0.374 e. The summed E-state index contributed by atoms with van der Waals surface area (Å²) in [4.78, 5) is 10.3. The van der Waals surface area contributed by atoms with Crippen molar-refractivity contribution >= 4 is 16.8 Å². The van der Waals surface area contributed by atoms with Gasteiger partial charge in [0.1, 0.15) is 5.82 Å². The fraction of sp³-hybridized carbons (Fsp3) is 0.118. The van der Waals surface area contributed by atoms with Crippen LogP contribution in [0.15, 0.2) is 48.7 Å². The molecule has 1 aliphatic rings. The zero-order chi connectivity index (χ0) is 13.5. The van der Waals surface area contributed by atoms with Gasteiger partial charge in [-0.15, -0.1) is 0 Å². The molecule has 3 aromatic rings. The van der Waals surface area contributed by atoms with E-state index >= 15 is 0 Å². The number of H-pyrrole nitrogens is 1. The molecule has 1 aromatic heterocycles. The van der Waals surface area contributed by atoms with Crippen LogP contribution in [0.5, 0.6) is 0 Å². The molecule has 0 amide bonds. The van der Waals surface area contributed by atoms with Crippen LogP contribution in [0.3, 0.4) is 0 Å². The molecule has 0 saturated carbocycles. The van der Waals surface area contributed by atoms with Crippen LogP contribution >= 0.6 is 0 Å². The minimum atomic E-state index is 0.881. The van der Waals surface area contributed by atoms with Crippen molar-refractivity contribution in [1.29, 1.82) is 0 Å². The molecule has 0 atom stereocenters. The summed E-state index contributed by atoms with van der Waals surface area (Å²) in [6, 6.07) is 14.9. The zero-order valence-corrected chi connectivity index (χ0v) is 11.3. The highest BCUT2D eigenvalue weighted by Gasteiger charge is 2.14. The predicted molar refractivity (Wildman–Crippen MR) is 82.0 cm³/mol. The highest BCUT2D eigenvalue weighted by Crippen LogP contribution is 2.25. The SMILES string of the molecule is CN1C=Cc2nc(-c3ccc4ccccc4c3)[nH]c2C1. The van der Waals surface area contributed by atoms with Crippen LogP contribution in [0.25, 0.3) is 28.2 Å². The first kappa shape index (κ1) is 11.3. The van der Waals surface area contributed by atoms with Gasteiger partial charge in [0.2, 0.25) is 0 Å². The van der Waals surface area contributed by atoms with Crippen LogP contribution in [-0.2, 0) is 6.54 Å². The Morgan fingerprint density at radius 2 is 1.95 bits per heavy atom. The lowest BCUT2D eigenvalue weighted by atomic mass is 10.1. The molecule has 4 rings (SSSR count). The van der Waals surface area contributed by atoms with Crippen LogP contribution in [-0.4, -0.2) is 21.9 Å². The molecule has 0 fully saturated rings. The summed E-state index contributed by atoms with van der Waals surface area (Å²) in [5, 5.41) is 2.50. The Morgan fingerprint density at radius 1 is 1.10 bits per heavy atom. The van der Waals surface area contributed by atoms with E-state index in [1.54, 1.807) is 0 Å². The van der Waals surface area contributed by atoms with Gasteiger partial charge in [0, 0.05) is 18.8 Å². The Morgan fingerprint density at radius 3 is 2.85 bits per heavy atom. The van der Waals surface area contributed by atoms with Crippen LogP contribution < -0.4 is 0 Å². The first-order chi connectivity index (χ1) is 9.79. The fourth-order valence-electron chi connectivity index (χ4n) is 2.65. The van der Waals surface area contributed by atoms with Crippen molar-refractivity contribution in [3.63, 3.8) is 0 Å². The molecule has 0 radical (unpaired) electrons. The molecule has 1 N–H and O–H groups in total. The van der Waals surface area contributed by atoms with Crippen molar-refractivity contribution < 1.29 is 0 Å². The van der Waals surface area contributed by atoms with E-state index in [1.165, 1.54) is 16.5 Å². The highest BCUT2D eigenvalue weighted by atomic mass is 15.1. The Labute approximate surface area is 117 Å². The topological polar surface area (TPSA) is 31.9 Å². The first-order valence-electron chi connectivity index (χ1n) is 6.76. The van der Waals surface area contributed by atoms with Gasteiger partial charge in [0.05, 0.1) is 17.9 Å². The van der Waals surface area contributed by atoms with Crippen molar-refractivity contribution in [2.24, 2.45) is 0 Å². The summed E-state index contributed by atoms with van der Waals surface area (Å²) >= 11 is 0. The standard InChI is InChI=1S/C17H15N3/c1-20-9-8-15-16(11-20)19-17(18-15)14-7-6-12-4-2-3-5-13(12)10-14/h2-10H,11H2,1H3,(H,18,19). The van der Waals surface area contributed by atoms with Gasteiger partial charge in [-0.2, -0.15) is 0 Å². The lowest BCUT2D eigenvalue weighted by molar-refractivity contribution is 0.441. The van der Waals surface area contributed by atoms with Gasteiger partial charge in [-0.05, 0) is 22.9 Å². The Hall–Kier alpha value is -2.55. The second kappa shape index (κ2) is 4.23. The van der Waals surface area contributed by atoms with Gasteiger partial charge in [-0.25, -0.2) is 4.98 Å². The van der Waals surface area contributed by atoms with E-state index < -0.39 is 0 Å². The third-order valence-electron chi connectivity index (χ3n) is 3.73. The molecule has 3 heteroatoms. The summed E-state index contributed by atoms with van der Waals surface area (Å²) in [6.07, 6.45) is 4.12. The minimum absolute atomic E-state index is 0.881. The van der Waals surface area contributed by atoms with Gasteiger partial charge in [-0.1, -0.05) is 36.4 Å². The molecule has 0 spiro atoms. The van der Waals surface area contributed by atoms with Crippen molar-refractivity contribution in [3.05, 3.63) is 60.1 Å². The molecule has 3 nitrogen and oxygen atoms in total. The van der Waals surface area contributed by atoms with E-state index in [1.807, 2.05) is 0 Å². The number of aromatic nitrogens is 2. The normalized spacial score (nSPS) is 13.8. The summed E-state index contributed by atoms with van der Waals surface area (Å²) in [5.41, 5.74) is 3.36. The second-order valence-electron chi connectivity index (χ2n) is 5.24. The monoisotopic (exact) mass is 261 g/mol. The molecule has 2 heterocycles. The number of imidazole rings is 1. The molecule has 1 aliphatic heterocycles. The number of fused-ring (bicyclic) bond motifs is 2. The largest absolute Gasteiger partial charge is 0.374 e. The number of nitrogens with one attached hydrogen (secondary N) is 1. The number of rotatable bonds is 1. The number of nitrogens with zero attached hydrogens (tertiary/aromatic N) is 2. The maximum absolute atomic E-state index is 4.69. The molecule has 0 aliphatic carbocycles. The molecule has 98 valence electrons. The predicted octanol–water partition coefficient (Wildman–Crippen LogP) is 3.65. The average molecular weight is 261 g/mol. The first-order valence-corrected chi connectivity index (χ1v) is 6.76. The zero-order valence-electron chi connectivity index (χ0n) is 11.3. The van der Waals surface area contributed by atoms with Crippen molar-refractivity contribution in [3.8, 4) is 11.4 Å². The van der Waals surface area contributed by atoms with E-state index in [-0.39, 0.29) is 0 Å². The molecule has 0 bridgehead atoms. The Kier molecular flexibility index (Phi) is 2.39. The third kappa shape index (κ3) is 1.79. The maximum atomic E-state index is 4.69. The Bertz CT molecular complexity index is 814. The number of aromatic amines is 1. The molecular weight excluding hydrogens is 246 g/mol. The second-order valence-corrected chi connectivity index (χ2v) is 5.24. The average Bonchev–Trinajstić information content (AvgIpc) is 2.89. The van der Waals surface area contributed by atoms with Gasteiger partial charge in [-0.3, -0.25) is 0 Å².